The van der Waals surface area contributed by atoms with Gasteiger partial charge in [0, 0.05) is 31.0 Å². The maximum atomic E-state index is 14.3. The van der Waals surface area contributed by atoms with Gasteiger partial charge in [-0.1, -0.05) is 12.1 Å². The molecule has 2 heterocycles. The van der Waals surface area contributed by atoms with Crippen molar-refractivity contribution in [1.82, 2.24) is 8.87 Å². The molecule has 1 aromatic heterocycles. The highest BCUT2D eigenvalue weighted by Gasteiger charge is 2.38. The molecule has 0 radical (unpaired) electrons. The first kappa shape index (κ1) is 18.6. The number of nitrogens with zero attached hydrogens (tertiary/aromatic N) is 2. The van der Waals surface area contributed by atoms with E-state index in [1.54, 1.807) is 31.4 Å². The van der Waals surface area contributed by atoms with Crippen molar-refractivity contribution in [2.24, 2.45) is 0 Å². The van der Waals surface area contributed by atoms with Crippen LogP contribution in [0.1, 0.15) is 17.3 Å². The van der Waals surface area contributed by atoms with Crippen LogP contribution in [-0.2, 0) is 16.6 Å². The molecule has 3 aromatic rings. The van der Waals surface area contributed by atoms with E-state index in [0.29, 0.717) is 18.4 Å². The lowest BCUT2D eigenvalue weighted by Crippen LogP contribution is -2.42. The van der Waals surface area contributed by atoms with Crippen molar-refractivity contribution in [2.75, 3.05) is 13.7 Å². The van der Waals surface area contributed by atoms with Crippen molar-refractivity contribution < 1.29 is 21.9 Å². The quantitative estimate of drug-likeness (QED) is 0.668. The average Bonchev–Trinajstić information content (AvgIpc) is 3.16. The number of methoxy groups -OCH3 is 1. The van der Waals surface area contributed by atoms with E-state index in [1.165, 1.54) is 4.31 Å². The van der Waals surface area contributed by atoms with Crippen LogP contribution in [0.2, 0.25) is 0 Å². The lowest BCUT2D eigenvalue weighted by Gasteiger charge is -2.36. The molecule has 0 saturated carbocycles. The summed E-state index contributed by atoms with van der Waals surface area (Å²) in [6.45, 7) is 0.606. The van der Waals surface area contributed by atoms with Crippen molar-refractivity contribution in [3.05, 3.63) is 83.7 Å². The van der Waals surface area contributed by atoms with Gasteiger partial charge in [-0.15, -0.1) is 0 Å². The molecule has 28 heavy (non-hydrogen) atoms. The third-order valence-corrected chi connectivity index (χ3v) is 6.80. The van der Waals surface area contributed by atoms with Crippen LogP contribution in [0, 0.1) is 11.6 Å². The van der Waals surface area contributed by atoms with Crippen LogP contribution in [0.25, 0.3) is 0 Å². The molecule has 8 heteroatoms. The second-order valence-electron chi connectivity index (χ2n) is 6.49. The van der Waals surface area contributed by atoms with Gasteiger partial charge in [0.2, 0.25) is 10.0 Å². The topological polar surface area (TPSA) is 51.5 Å². The molecule has 1 aliphatic heterocycles. The molecule has 2 aromatic carbocycles. The van der Waals surface area contributed by atoms with Crippen LogP contribution in [0.5, 0.6) is 5.75 Å². The van der Waals surface area contributed by atoms with Gasteiger partial charge in [0.05, 0.1) is 13.2 Å². The molecule has 0 fully saturated rings. The normalized spacial score (nSPS) is 17.3. The minimum Gasteiger partial charge on any atom is -0.497 e. The number of hydrogen-bond donors (Lipinski definition) is 0. The minimum atomic E-state index is -4.20. The summed E-state index contributed by atoms with van der Waals surface area (Å²) in [5.74, 6) is -1.28. The Kier molecular flexibility index (Phi) is 4.68. The summed E-state index contributed by atoms with van der Waals surface area (Å²) in [5, 5.41) is 0. The highest BCUT2D eigenvalue weighted by molar-refractivity contribution is 7.89. The van der Waals surface area contributed by atoms with Crippen molar-refractivity contribution in [3.8, 4) is 5.75 Å². The van der Waals surface area contributed by atoms with Gasteiger partial charge in [-0.05, 0) is 42.0 Å². The van der Waals surface area contributed by atoms with Gasteiger partial charge in [0.15, 0.2) is 0 Å². The summed E-state index contributed by atoms with van der Waals surface area (Å²) < 4.78 is 62.6. The third kappa shape index (κ3) is 3.08. The van der Waals surface area contributed by atoms with E-state index in [1.807, 2.05) is 22.9 Å². The van der Waals surface area contributed by atoms with Gasteiger partial charge in [-0.25, -0.2) is 17.2 Å². The molecule has 146 valence electrons. The third-order valence-electron chi connectivity index (χ3n) is 4.91. The van der Waals surface area contributed by atoms with E-state index in [9.17, 15) is 17.2 Å². The van der Waals surface area contributed by atoms with Crippen LogP contribution in [-0.4, -0.2) is 30.9 Å². The fourth-order valence-corrected chi connectivity index (χ4v) is 5.18. The Hall–Kier alpha value is -2.71. The number of hydrogen-bond acceptors (Lipinski definition) is 3. The molecule has 4 rings (SSSR count). The molecular formula is C20H18F2N2O3S. The SMILES string of the molecule is COc1ccc(C2c3cccn3CCN2S(=O)(=O)c2ccc(F)cc2F)cc1. The lowest BCUT2D eigenvalue weighted by molar-refractivity contribution is 0.297. The van der Waals surface area contributed by atoms with Crippen LogP contribution in [0.15, 0.2) is 65.7 Å². The fraction of sp³-hybridized carbons (Fsp3) is 0.200. The predicted molar refractivity (Wildman–Crippen MR) is 99.5 cm³/mol. The molecule has 0 bridgehead atoms. The van der Waals surface area contributed by atoms with E-state index in [-0.39, 0.29) is 6.54 Å². The molecule has 0 N–H and O–H groups in total. The highest BCUT2D eigenvalue weighted by atomic mass is 32.2. The Balaban J connectivity index is 1.84. The van der Waals surface area contributed by atoms with E-state index >= 15 is 0 Å². The molecular weight excluding hydrogens is 386 g/mol. The molecule has 5 nitrogen and oxygen atoms in total. The molecule has 0 aliphatic carbocycles. The Morgan fingerprint density at radius 3 is 2.46 bits per heavy atom. The van der Waals surface area contributed by atoms with Crippen molar-refractivity contribution in [3.63, 3.8) is 0 Å². The molecule has 1 unspecified atom stereocenters. The summed E-state index contributed by atoms with van der Waals surface area (Å²) in [4.78, 5) is -0.535. The van der Waals surface area contributed by atoms with Gasteiger partial charge in [-0.2, -0.15) is 4.31 Å². The monoisotopic (exact) mass is 404 g/mol. The van der Waals surface area contributed by atoms with Gasteiger partial charge in [-0.3, -0.25) is 0 Å². The largest absolute Gasteiger partial charge is 0.497 e. The minimum absolute atomic E-state index is 0.164. The summed E-state index contributed by atoms with van der Waals surface area (Å²) in [5.41, 5.74) is 1.51. The van der Waals surface area contributed by atoms with E-state index < -0.39 is 32.6 Å². The number of sulfonamides is 1. The summed E-state index contributed by atoms with van der Waals surface area (Å²) in [7, 11) is -2.65. The van der Waals surface area contributed by atoms with Crippen LogP contribution < -0.4 is 4.74 Å². The lowest BCUT2D eigenvalue weighted by atomic mass is 10.0. The number of aromatic nitrogens is 1. The first-order chi connectivity index (χ1) is 13.4. The predicted octanol–water partition coefficient (Wildman–Crippen LogP) is 3.57. The second-order valence-corrected chi connectivity index (χ2v) is 8.35. The zero-order valence-corrected chi connectivity index (χ0v) is 15.9. The average molecular weight is 404 g/mol. The number of benzene rings is 2. The standard InChI is InChI=1S/C20H18F2N2O3S/c1-27-16-7-4-14(5-8-16)20-18-3-2-10-23(18)11-12-24(20)28(25,26)19-9-6-15(21)13-17(19)22/h2-10,13,20H,11-12H2,1H3. The summed E-state index contributed by atoms with van der Waals surface area (Å²) in [6.07, 6.45) is 1.88. The fourth-order valence-electron chi connectivity index (χ4n) is 3.56. The molecule has 1 aliphatic rings. The number of halogens is 2. The van der Waals surface area contributed by atoms with Crippen molar-refractivity contribution in [1.29, 1.82) is 0 Å². The molecule has 0 amide bonds. The second kappa shape index (κ2) is 7.03. The zero-order chi connectivity index (χ0) is 19.9. The van der Waals surface area contributed by atoms with E-state index in [0.717, 1.165) is 23.4 Å². The van der Waals surface area contributed by atoms with Gasteiger partial charge in [0.1, 0.15) is 22.3 Å². The van der Waals surface area contributed by atoms with Crippen molar-refractivity contribution >= 4 is 10.0 Å². The highest BCUT2D eigenvalue weighted by Crippen LogP contribution is 2.37. The smallest absolute Gasteiger partial charge is 0.246 e. The first-order valence-electron chi connectivity index (χ1n) is 8.67. The Morgan fingerprint density at radius 1 is 1.04 bits per heavy atom. The zero-order valence-electron chi connectivity index (χ0n) is 15.0. The Morgan fingerprint density at radius 2 is 1.79 bits per heavy atom. The van der Waals surface area contributed by atoms with Gasteiger partial charge < -0.3 is 9.30 Å². The Bertz CT molecular complexity index is 1110. The van der Waals surface area contributed by atoms with Crippen molar-refractivity contribution in [2.45, 2.75) is 17.5 Å². The van der Waals surface area contributed by atoms with Crippen LogP contribution in [0.4, 0.5) is 8.78 Å². The summed E-state index contributed by atoms with van der Waals surface area (Å²) >= 11 is 0. The number of fused-ring (bicyclic) bond motifs is 1. The molecule has 0 spiro atoms. The Labute approximate surface area is 161 Å². The van der Waals surface area contributed by atoms with Gasteiger partial charge >= 0.3 is 0 Å². The van der Waals surface area contributed by atoms with Gasteiger partial charge in [0.25, 0.3) is 0 Å². The summed E-state index contributed by atoms with van der Waals surface area (Å²) in [6, 6.07) is 12.6. The maximum Gasteiger partial charge on any atom is 0.246 e. The molecule has 0 saturated heterocycles. The number of ether oxygens (including phenoxy) is 1. The first-order valence-corrected chi connectivity index (χ1v) is 10.1. The number of rotatable bonds is 4. The van der Waals surface area contributed by atoms with E-state index in [2.05, 4.69) is 0 Å². The van der Waals surface area contributed by atoms with E-state index in [4.69, 9.17) is 4.74 Å². The molecule has 1 atom stereocenters. The van der Waals surface area contributed by atoms with Crippen LogP contribution >= 0.6 is 0 Å². The maximum absolute atomic E-state index is 14.3. The van der Waals surface area contributed by atoms with Crippen LogP contribution in [0.3, 0.4) is 0 Å².